The zero-order chi connectivity index (χ0) is 15.0. The van der Waals surface area contributed by atoms with E-state index in [-0.39, 0.29) is 24.0 Å². The second-order valence-electron chi connectivity index (χ2n) is 6.86. The minimum absolute atomic E-state index is 0. The molecule has 1 fully saturated rings. The van der Waals surface area contributed by atoms with Crippen molar-refractivity contribution >= 4 is 29.9 Å². The molecule has 1 aliphatic carbocycles. The summed E-state index contributed by atoms with van der Waals surface area (Å²) >= 11 is 0. The third-order valence-corrected chi connectivity index (χ3v) is 4.14. The zero-order valence-corrected chi connectivity index (χ0v) is 16.2. The maximum absolute atomic E-state index is 10.4. The van der Waals surface area contributed by atoms with Crippen molar-refractivity contribution in [3.05, 3.63) is 0 Å². The highest BCUT2D eigenvalue weighted by Gasteiger charge is 2.28. The van der Waals surface area contributed by atoms with E-state index >= 15 is 0 Å². The Kier molecular flexibility index (Phi) is 10.6. The van der Waals surface area contributed by atoms with Crippen LogP contribution in [0.5, 0.6) is 0 Å². The van der Waals surface area contributed by atoms with E-state index in [4.69, 9.17) is 5.73 Å². The predicted octanol–water partition coefficient (Wildman–Crippen LogP) is 3.42. The summed E-state index contributed by atoms with van der Waals surface area (Å²) in [5.74, 6) is 1.23. The summed E-state index contributed by atoms with van der Waals surface area (Å²) in [6.07, 6.45) is 8.72. The van der Waals surface area contributed by atoms with Crippen LogP contribution < -0.4 is 11.1 Å². The highest BCUT2D eigenvalue weighted by molar-refractivity contribution is 14.0. The number of halogens is 1. The van der Waals surface area contributed by atoms with Gasteiger partial charge in [-0.25, -0.2) is 0 Å². The third kappa shape index (κ3) is 9.55. The highest BCUT2D eigenvalue weighted by atomic mass is 127. The minimum atomic E-state index is -0.620. The van der Waals surface area contributed by atoms with Crippen LogP contribution in [0.15, 0.2) is 4.99 Å². The monoisotopic (exact) mass is 411 g/mol. The Morgan fingerprint density at radius 2 is 1.81 bits per heavy atom. The van der Waals surface area contributed by atoms with Crippen molar-refractivity contribution in [2.24, 2.45) is 16.6 Å². The largest absolute Gasteiger partial charge is 0.388 e. The molecule has 0 aromatic heterocycles. The van der Waals surface area contributed by atoms with Gasteiger partial charge in [0.2, 0.25) is 0 Å². The van der Waals surface area contributed by atoms with Crippen LogP contribution in [0.1, 0.15) is 72.1 Å². The van der Waals surface area contributed by atoms with Crippen LogP contribution in [0, 0.1) is 5.92 Å². The summed E-state index contributed by atoms with van der Waals surface area (Å²) in [5, 5.41) is 13.6. The van der Waals surface area contributed by atoms with Crippen LogP contribution in [-0.2, 0) is 0 Å². The fourth-order valence-corrected chi connectivity index (χ4v) is 2.80. The van der Waals surface area contributed by atoms with Crippen molar-refractivity contribution < 1.29 is 5.11 Å². The molecule has 0 aromatic carbocycles. The first-order valence-electron chi connectivity index (χ1n) is 8.20. The molecule has 0 spiro atoms. The maximum atomic E-state index is 10.4. The van der Waals surface area contributed by atoms with Gasteiger partial charge in [-0.2, -0.15) is 0 Å². The van der Waals surface area contributed by atoms with Gasteiger partial charge >= 0.3 is 0 Å². The molecule has 0 radical (unpaired) electrons. The molecule has 0 aliphatic heterocycles. The van der Waals surface area contributed by atoms with Gasteiger partial charge in [0.05, 0.1) is 12.1 Å². The summed E-state index contributed by atoms with van der Waals surface area (Å²) in [6.45, 7) is 7.07. The van der Waals surface area contributed by atoms with Gasteiger partial charge in [0.1, 0.15) is 0 Å². The molecule has 1 rings (SSSR count). The number of aliphatic imine (C=N–C) groups is 1. The van der Waals surface area contributed by atoms with Crippen molar-refractivity contribution in [1.29, 1.82) is 0 Å². The van der Waals surface area contributed by atoms with Gasteiger partial charge in [-0.3, -0.25) is 4.99 Å². The Bertz CT molecular complexity index is 302. The van der Waals surface area contributed by atoms with Gasteiger partial charge in [0.25, 0.3) is 0 Å². The molecule has 0 saturated heterocycles. The van der Waals surface area contributed by atoms with Gasteiger partial charge in [0.15, 0.2) is 5.96 Å². The molecule has 0 amide bonds. The van der Waals surface area contributed by atoms with Gasteiger partial charge in [-0.05, 0) is 32.1 Å². The average molecular weight is 411 g/mol. The molecule has 0 heterocycles. The van der Waals surface area contributed by atoms with E-state index < -0.39 is 5.60 Å². The van der Waals surface area contributed by atoms with E-state index in [0.717, 1.165) is 38.0 Å². The van der Waals surface area contributed by atoms with Crippen molar-refractivity contribution in [3.63, 3.8) is 0 Å². The molecule has 0 aromatic rings. The molecule has 1 unspecified atom stereocenters. The smallest absolute Gasteiger partial charge is 0.188 e. The maximum Gasteiger partial charge on any atom is 0.188 e. The van der Waals surface area contributed by atoms with Crippen LogP contribution in [0.3, 0.4) is 0 Å². The third-order valence-electron chi connectivity index (χ3n) is 4.14. The molecule has 1 aliphatic rings. The lowest BCUT2D eigenvalue weighted by Gasteiger charge is -2.30. The van der Waals surface area contributed by atoms with E-state index in [9.17, 15) is 5.11 Å². The number of aliphatic hydroxyl groups is 1. The van der Waals surface area contributed by atoms with E-state index in [0.29, 0.717) is 18.5 Å². The second kappa shape index (κ2) is 10.6. The molecule has 1 saturated carbocycles. The summed E-state index contributed by atoms with van der Waals surface area (Å²) in [7, 11) is 0. The molecule has 4 N–H and O–H groups in total. The summed E-state index contributed by atoms with van der Waals surface area (Å²) in [6, 6.07) is 0.346. The SMILES string of the molecule is CC(C)CCCC(C)NC(N)=NCC1(O)CCCCC1.I. The van der Waals surface area contributed by atoms with Crippen LogP contribution in [0.2, 0.25) is 0 Å². The molecule has 126 valence electrons. The minimum Gasteiger partial charge on any atom is -0.388 e. The standard InChI is InChI=1S/C16H33N3O.HI/c1-13(2)8-7-9-14(3)19-15(17)18-12-16(20)10-5-4-6-11-16;/h13-14,20H,4-12H2,1-3H3,(H3,17,18,19);1H. The Morgan fingerprint density at radius 3 is 2.38 bits per heavy atom. The van der Waals surface area contributed by atoms with E-state index in [1.54, 1.807) is 0 Å². The molecule has 21 heavy (non-hydrogen) atoms. The van der Waals surface area contributed by atoms with Crippen LogP contribution >= 0.6 is 24.0 Å². The topological polar surface area (TPSA) is 70.6 Å². The Morgan fingerprint density at radius 1 is 1.19 bits per heavy atom. The van der Waals surface area contributed by atoms with Crippen LogP contribution in [0.4, 0.5) is 0 Å². The van der Waals surface area contributed by atoms with Crippen molar-refractivity contribution in [2.45, 2.75) is 83.8 Å². The fraction of sp³-hybridized carbons (Fsp3) is 0.938. The summed E-state index contributed by atoms with van der Waals surface area (Å²) in [4.78, 5) is 4.34. The first kappa shape index (κ1) is 21.0. The predicted molar refractivity (Wildman–Crippen MR) is 101 cm³/mol. The molecular weight excluding hydrogens is 377 g/mol. The Labute approximate surface area is 147 Å². The number of hydrogen-bond donors (Lipinski definition) is 3. The number of nitrogens with two attached hydrogens (primary N) is 1. The number of guanidine groups is 1. The quantitative estimate of drug-likeness (QED) is 0.342. The van der Waals surface area contributed by atoms with Crippen molar-refractivity contribution in [1.82, 2.24) is 5.32 Å². The normalized spacial score (nSPS) is 20.0. The number of nitrogens with zero attached hydrogens (tertiary/aromatic N) is 1. The molecular formula is C16H34IN3O. The number of hydrogen-bond acceptors (Lipinski definition) is 2. The first-order valence-corrected chi connectivity index (χ1v) is 8.20. The highest BCUT2D eigenvalue weighted by Crippen LogP contribution is 2.28. The lowest BCUT2D eigenvalue weighted by Crippen LogP contribution is -2.41. The molecule has 5 heteroatoms. The van der Waals surface area contributed by atoms with Gasteiger partial charge in [-0.1, -0.05) is 46.0 Å². The first-order chi connectivity index (χ1) is 9.41. The zero-order valence-electron chi connectivity index (χ0n) is 13.9. The van der Waals surface area contributed by atoms with Gasteiger partial charge < -0.3 is 16.2 Å². The van der Waals surface area contributed by atoms with E-state index in [1.165, 1.54) is 19.3 Å². The van der Waals surface area contributed by atoms with Gasteiger partial charge in [0, 0.05) is 6.04 Å². The van der Waals surface area contributed by atoms with E-state index in [2.05, 4.69) is 31.1 Å². The van der Waals surface area contributed by atoms with Crippen LogP contribution in [-0.4, -0.2) is 29.3 Å². The lowest BCUT2D eigenvalue weighted by molar-refractivity contribution is 0.0132. The molecule has 0 bridgehead atoms. The summed E-state index contributed by atoms with van der Waals surface area (Å²) in [5.41, 5.74) is 5.29. The van der Waals surface area contributed by atoms with Crippen molar-refractivity contribution in [2.75, 3.05) is 6.54 Å². The summed E-state index contributed by atoms with van der Waals surface area (Å²) < 4.78 is 0. The van der Waals surface area contributed by atoms with Crippen molar-refractivity contribution in [3.8, 4) is 0 Å². The van der Waals surface area contributed by atoms with Gasteiger partial charge in [-0.15, -0.1) is 24.0 Å². The Balaban J connectivity index is 0.00000400. The number of rotatable bonds is 7. The lowest BCUT2D eigenvalue weighted by atomic mass is 9.85. The Hall–Kier alpha value is -0.0400. The molecule has 1 atom stereocenters. The average Bonchev–Trinajstić information content (AvgIpc) is 2.37. The molecule has 4 nitrogen and oxygen atoms in total. The number of nitrogens with one attached hydrogen (secondary N) is 1. The van der Waals surface area contributed by atoms with E-state index in [1.807, 2.05) is 0 Å². The fourth-order valence-electron chi connectivity index (χ4n) is 2.80. The van der Waals surface area contributed by atoms with Crippen LogP contribution in [0.25, 0.3) is 0 Å². The second-order valence-corrected chi connectivity index (χ2v) is 6.86.